The van der Waals surface area contributed by atoms with Crippen molar-refractivity contribution in [1.29, 1.82) is 10.8 Å². The van der Waals surface area contributed by atoms with Gasteiger partial charge in [0.2, 0.25) is 0 Å². The van der Waals surface area contributed by atoms with Crippen LogP contribution in [0.15, 0.2) is 42.5 Å². The van der Waals surface area contributed by atoms with E-state index >= 15 is 0 Å². The predicted octanol–water partition coefficient (Wildman–Crippen LogP) is 3.36. The van der Waals surface area contributed by atoms with Gasteiger partial charge in [0.05, 0.1) is 0 Å². The number of benzene rings is 2. The van der Waals surface area contributed by atoms with Crippen LogP contribution in [0.3, 0.4) is 0 Å². The second kappa shape index (κ2) is 8.93. The molecule has 0 aromatic heterocycles. The molecule has 0 unspecified atom stereocenters. The second-order valence-corrected chi connectivity index (χ2v) is 3.39. The summed E-state index contributed by atoms with van der Waals surface area (Å²) in [6, 6.07) is 14.8. The van der Waals surface area contributed by atoms with Gasteiger partial charge in [0.25, 0.3) is 0 Å². The topological polar surface area (TPSA) is 50.8 Å². The first-order valence-electron chi connectivity index (χ1n) is 4.64. The first-order chi connectivity index (χ1) is 7.29. The van der Waals surface area contributed by atoms with Crippen LogP contribution in [0.1, 0.15) is 0 Å². The fraction of sp³-hybridized carbons (Fsp3) is 0.167. The number of hydrogen-bond donors (Lipinski definition) is 0. The van der Waals surface area contributed by atoms with E-state index < -0.39 is 0 Å². The molecule has 2 aromatic carbocycles. The summed E-state index contributed by atoms with van der Waals surface area (Å²) in [6.45, 7) is 0. The number of halogens is 1. The molecule has 0 aliphatic heterocycles. The van der Waals surface area contributed by atoms with E-state index in [1.807, 2.05) is 0 Å². The monoisotopic (exact) mass is 299 g/mol. The van der Waals surface area contributed by atoms with Crippen LogP contribution in [0.5, 0.6) is 0 Å². The van der Waals surface area contributed by atoms with E-state index in [9.17, 15) is 0 Å². The van der Waals surface area contributed by atoms with Crippen molar-refractivity contribution in [2.24, 2.45) is 0 Å². The summed E-state index contributed by atoms with van der Waals surface area (Å²) >= 11 is 0. The molecule has 0 amide bonds. The Morgan fingerprint density at radius 3 is 2.00 bits per heavy atom. The van der Waals surface area contributed by atoms with Gasteiger partial charge in [0.15, 0.2) is 0 Å². The molecule has 0 radical (unpaired) electrons. The maximum atomic E-state index is 6.00. The SMILES string of the molecule is CN(C)c1cccc2ccccc12.Cl.N#N.[Zn]. The van der Waals surface area contributed by atoms with Gasteiger partial charge in [0.1, 0.15) is 0 Å². The molecule has 3 nitrogen and oxygen atoms in total. The van der Waals surface area contributed by atoms with Gasteiger partial charge in [-0.2, -0.15) is 0 Å². The molecule has 0 saturated heterocycles. The van der Waals surface area contributed by atoms with Gasteiger partial charge in [0, 0.05) is 55.4 Å². The Hall–Kier alpha value is -1.17. The van der Waals surface area contributed by atoms with Crippen molar-refractivity contribution < 1.29 is 19.5 Å². The Balaban J connectivity index is 0. The molecule has 17 heavy (non-hydrogen) atoms. The average Bonchev–Trinajstić information content (AvgIpc) is 2.31. The number of anilines is 1. The van der Waals surface area contributed by atoms with Gasteiger partial charge >= 0.3 is 0 Å². The minimum absolute atomic E-state index is 0. The first kappa shape index (κ1) is 18.2. The standard InChI is InChI=1S/C12H13N.ClH.N2.Zn/c1-13(2)12-9-5-7-10-6-3-4-8-11(10)12;;1-2;/h3-9H,1-2H3;1H;;. The molecule has 0 N–H and O–H groups in total. The molecule has 0 spiro atoms. The number of nitrogens with zero attached hydrogens (tertiary/aromatic N) is 3. The molecule has 0 aliphatic carbocycles. The Morgan fingerprint density at radius 2 is 1.41 bits per heavy atom. The van der Waals surface area contributed by atoms with Crippen molar-refractivity contribution in [2.45, 2.75) is 0 Å². The van der Waals surface area contributed by atoms with Crippen LogP contribution in [0, 0.1) is 10.8 Å². The van der Waals surface area contributed by atoms with Crippen LogP contribution >= 0.6 is 12.4 Å². The van der Waals surface area contributed by atoms with E-state index in [0.717, 1.165) is 0 Å². The molecule has 0 heterocycles. The van der Waals surface area contributed by atoms with Crippen molar-refractivity contribution in [3.8, 4) is 0 Å². The van der Waals surface area contributed by atoms with Gasteiger partial charge in [-0.3, -0.25) is 0 Å². The van der Waals surface area contributed by atoms with Crippen LogP contribution in [-0.4, -0.2) is 14.1 Å². The van der Waals surface area contributed by atoms with Crippen molar-refractivity contribution in [3.63, 3.8) is 0 Å². The first-order valence-corrected chi connectivity index (χ1v) is 4.64. The Kier molecular flexibility index (Phi) is 9.56. The van der Waals surface area contributed by atoms with Gasteiger partial charge in [-0.15, -0.1) is 12.4 Å². The van der Waals surface area contributed by atoms with E-state index in [1.54, 1.807) is 0 Å². The third-order valence-electron chi connectivity index (χ3n) is 2.25. The smallest absolute Gasteiger partial charge is 0.0440 e. The van der Waals surface area contributed by atoms with E-state index in [1.165, 1.54) is 16.5 Å². The fourth-order valence-corrected chi connectivity index (χ4v) is 1.60. The summed E-state index contributed by atoms with van der Waals surface area (Å²) < 4.78 is 0. The summed E-state index contributed by atoms with van der Waals surface area (Å²) in [5.41, 5.74) is 1.28. The molecule has 5 heteroatoms. The molecule has 0 atom stereocenters. The van der Waals surface area contributed by atoms with Crippen LogP contribution in [0.2, 0.25) is 0 Å². The number of hydrogen-bond acceptors (Lipinski definition) is 3. The maximum absolute atomic E-state index is 6.00. The molecule has 0 fully saturated rings. The van der Waals surface area contributed by atoms with Gasteiger partial charge < -0.3 is 4.90 Å². The molecular formula is C12H14ClN3Zn. The summed E-state index contributed by atoms with van der Waals surface area (Å²) in [5, 5.41) is 14.6. The summed E-state index contributed by atoms with van der Waals surface area (Å²) in [6.07, 6.45) is 0. The van der Waals surface area contributed by atoms with Gasteiger partial charge in [-0.25, -0.2) is 0 Å². The third kappa shape index (κ3) is 4.30. The molecule has 0 saturated carbocycles. The fourth-order valence-electron chi connectivity index (χ4n) is 1.60. The maximum Gasteiger partial charge on any atom is 0.0440 e. The van der Waals surface area contributed by atoms with Crippen molar-refractivity contribution in [1.82, 2.24) is 0 Å². The average molecular weight is 301 g/mol. The summed E-state index contributed by atoms with van der Waals surface area (Å²) in [5.74, 6) is 0. The second-order valence-electron chi connectivity index (χ2n) is 3.39. The summed E-state index contributed by atoms with van der Waals surface area (Å²) in [4.78, 5) is 2.14. The van der Waals surface area contributed by atoms with E-state index in [2.05, 4.69) is 61.5 Å². The van der Waals surface area contributed by atoms with Gasteiger partial charge in [-0.1, -0.05) is 36.4 Å². The van der Waals surface area contributed by atoms with E-state index in [0.29, 0.717) is 0 Å². The zero-order valence-electron chi connectivity index (χ0n) is 10.00. The van der Waals surface area contributed by atoms with Crippen molar-refractivity contribution in [2.75, 3.05) is 19.0 Å². The zero-order valence-corrected chi connectivity index (χ0v) is 13.8. The molecule has 0 aliphatic rings. The van der Waals surface area contributed by atoms with E-state index in [-0.39, 0.29) is 31.9 Å². The Bertz CT molecular complexity index is 466. The van der Waals surface area contributed by atoms with Gasteiger partial charge in [-0.05, 0) is 11.5 Å². The normalized spacial score (nSPS) is 8.00. The molecule has 2 rings (SSSR count). The zero-order chi connectivity index (χ0) is 11.3. The van der Waals surface area contributed by atoms with Crippen LogP contribution in [0.4, 0.5) is 5.69 Å². The minimum Gasteiger partial charge on any atom is -0.377 e. The minimum atomic E-state index is 0. The Labute approximate surface area is 120 Å². The quantitative estimate of drug-likeness (QED) is 0.599. The van der Waals surface area contributed by atoms with Crippen LogP contribution < -0.4 is 4.90 Å². The van der Waals surface area contributed by atoms with Crippen molar-refractivity contribution >= 4 is 28.9 Å². The largest absolute Gasteiger partial charge is 0.377 e. The van der Waals surface area contributed by atoms with Crippen LogP contribution in [0.25, 0.3) is 10.8 Å². The third-order valence-corrected chi connectivity index (χ3v) is 2.25. The number of rotatable bonds is 1. The Morgan fingerprint density at radius 1 is 0.882 bits per heavy atom. The molecule has 2 aromatic rings. The number of fused-ring (bicyclic) bond motifs is 1. The van der Waals surface area contributed by atoms with E-state index in [4.69, 9.17) is 10.8 Å². The molecule has 0 bridgehead atoms. The summed E-state index contributed by atoms with van der Waals surface area (Å²) in [7, 11) is 4.14. The molecule has 86 valence electrons. The molecular weight excluding hydrogens is 287 g/mol. The van der Waals surface area contributed by atoms with Crippen LogP contribution in [-0.2, 0) is 19.5 Å². The predicted molar refractivity (Wildman–Crippen MR) is 69.0 cm³/mol. The van der Waals surface area contributed by atoms with Crippen molar-refractivity contribution in [3.05, 3.63) is 42.5 Å².